The van der Waals surface area contributed by atoms with Gasteiger partial charge in [0.15, 0.2) is 0 Å². The number of hydrogen-bond donors (Lipinski definition) is 1. The molecule has 0 fully saturated rings. The maximum atomic E-state index is 11.5. The maximum Gasteiger partial charge on any atom is 0.230 e. The third-order valence-corrected chi connectivity index (χ3v) is 2.01. The molecule has 0 aliphatic heterocycles. The number of carbonyl (C=O) groups excluding carboxylic acids is 1. The molecule has 0 heterocycles. The number of rotatable bonds is 7. The third-order valence-electron chi connectivity index (χ3n) is 2.01. The van der Waals surface area contributed by atoms with E-state index in [2.05, 4.69) is 37.9 Å². The molecule has 0 radical (unpaired) electrons. The van der Waals surface area contributed by atoms with Gasteiger partial charge in [0.05, 0.1) is 0 Å². The molecule has 0 aliphatic rings. The number of carbonyl (C=O) groups is 1. The molecule has 2 nitrogen and oxygen atoms in total. The van der Waals surface area contributed by atoms with Crippen molar-refractivity contribution in [1.82, 2.24) is 5.32 Å². The molecular formula is C14H23NO. The van der Waals surface area contributed by atoms with Gasteiger partial charge < -0.3 is 5.32 Å². The van der Waals surface area contributed by atoms with E-state index < -0.39 is 0 Å². The number of hydrogen-bond acceptors (Lipinski definition) is 2. The molecule has 0 aromatic heterocycles. The van der Waals surface area contributed by atoms with Gasteiger partial charge >= 0.3 is 0 Å². The van der Waals surface area contributed by atoms with Crippen LogP contribution < -0.4 is 5.32 Å². The molecule has 0 amide bonds. The minimum absolute atomic E-state index is 0.0829. The maximum absolute atomic E-state index is 11.5. The summed E-state index contributed by atoms with van der Waals surface area (Å²) in [7, 11) is 0. The Balaban J connectivity index is 4.29. The van der Waals surface area contributed by atoms with Gasteiger partial charge in [-0.1, -0.05) is 33.1 Å². The lowest BCUT2D eigenvalue weighted by atomic mass is 10.2. The average Bonchev–Trinajstić information content (AvgIpc) is 2.26. The molecule has 0 atom stereocenters. The number of unbranched alkanes of at least 4 members (excludes halogenated alkanes) is 1. The van der Waals surface area contributed by atoms with E-state index in [9.17, 15) is 4.79 Å². The SMILES string of the molecule is CCCC#CC(=O)/C=C(/CCC)NCCC. The van der Waals surface area contributed by atoms with Crippen LogP contribution in [0.25, 0.3) is 0 Å². The Hall–Kier alpha value is -1.23. The molecule has 0 aliphatic carbocycles. The molecule has 0 aromatic carbocycles. The highest BCUT2D eigenvalue weighted by molar-refractivity contribution is 6.04. The fraction of sp³-hybridized carbons (Fsp3) is 0.643. The smallest absolute Gasteiger partial charge is 0.230 e. The lowest BCUT2D eigenvalue weighted by Crippen LogP contribution is -2.15. The van der Waals surface area contributed by atoms with Gasteiger partial charge in [0.1, 0.15) is 0 Å². The summed E-state index contributed by atoms with van der Waals surface area (Å²) in [5, 5.41) is 3.26. The van der Waals surface area contributed by atoms with Crippen LogP contribution in [0, 0.1) is 11.8 Å². The van der Waals surface area contributed by atoms with Gasteiger partial charge in [0.25, 0.3) is 0 Å². The van der Waals surface area contributed by atoms with Gasteiger partial charge in [-0.3, -0.25) is 4.79 Å². The van der Waals surface area contributed by atoms with Crippen molar-refractivity contribution in [2.75, 3.05) is 6.54 Å². The van der Waals surface area contributed by atoms with Crippen molar-refractivity contribution in [3.05, 3.63) is 11.8 Å². The first kappa shape index (κ1) is 14.8. The van der Waals surface area contributed by atoms with Gasteiger partial charge in [-0.05, 0) is 25.2 Å². The van der Waals surface area contributed by atoms with Crippen molar-refractivity contribution in [1.29, 1.82) is 0 Å². The first-order valence-corrected chi connectivity index (χ1v) is 6.21. The van der Waals surface area contributed by atoms with E-state index in [0.29, 0.717) is 0 Å². The topological polar surface area (TPSA) is 29.1 Å². The van der Waals surface area contributed by atoms with Gasteiger partial charge in [-0.2, -0.15) is 0 Å². The standard InChI is InChI=1S/C14H23NO/c1-4-7-8-10-14(16)12-13(9-5-2)15-11-6-3/h12,15H,4-7,9,11H2,1-3H3/b13-12-. The van der Waals surface area contributed by atoms with E-state index in [1.54, 1.807) is 6.08 Å². The van der Waals surface area contributed by atoms with E-state index in [-0.39, 0.29) is 5.78 Å². The van der Waals surface area contributed by atoms with E-state index in [1.807, 2.05) is 0 Å². The van der Waals surface area contributed by atoms with Crippen molar-refractivity contribution in [3.63, 3.8) is 0 Å². The lowest BCUT2D eigenvalue weighted by molar-refractivity contribution is -0.109. The van der Waals surface area contributed by atoms with E-state index in [0.717, 1.165) is 44.3 Å². The summed E-state index contributed by atoms with van der Waals surface area (Å²) in [5.74, 6) is 5.43. The minimum Gasteiger partial charge on any atom is -0.388 e. The van der Waals surface area contributed by atoms with Crippen LogP contribution in [0.4, 0.5) is 0 Å². The summed E-state index contributed by atoms with van der Waals surface area (Å²) >= 11 is 0. The Kier molecular flexibility index (Phi) is 9.50. The van der Waals surface area contributed by atoms with Crippen LogP contribution in [-0.4, -0.2) is 12.3 Å². The molecule has 0 bridgehead atoms. The summed E-state index contributed by atoms with van der Waals surface area (Å²) in [6.07, 6.45) is 6.46. The fourth-order valence-electron chi connectivity index (χ4n) is 1.24. The van der Waals surface area contributed by atoms with Crippen molar-refractivity contribution in [3.8, 4) is 11.8 Å². The first-order valence-electron chi connectivity index (χ1n) is 6.21. The van der Waals surface area contributed by atoms with Crippen molar-refractivity contribution >= 4 is 5.78 Å². The Bertz CT molecular complexity index is 281. The minimum atomic E-state index is -0.0829. The number of ketones is 1. The van der Waals surface area contributed by atoms with Crippen LogP contribution in [0.15, 0.2) is 11.8 Å². The molecule has 0 unspecified atom stereocenters. The molecule has 0 saturated carbocycles. The normalized spacial score (nSPS) is 10.6. The van der Waals surface area contributed by atoms with Crippen LogP contribution in [0.2, 0.25) is 0 Å². The van der Waals surface area contributed by atoms with Crippen LogP contribution in [0.5, 0.6) is 0 Å². The van der Waals surface area contributed by atoms with Crippen molar-refractivity contribution in [2.24, 2.45) is 0 Å². The second-order valence-corrected chi connectivity index (χ2v) is 3.76. The van der Waals surface area contributed by atoms with Crippen LogP contribution in [0.3, 0.4) is 0 Å². The van der Waals surface area contributed by atoms with Crippen LogP contribution in [-0.2, 0) is 4.79 Å². The summed E-state index contributed by atoms with van der Waals surface area (Å²) < 4.78 is 0. The second-order valence-electron chi connectivity index (χ2n) is 3.76. The highest BCUT2D eigenvalue weighted by Gasteiger charge is 1.98. The Labute approximate surface area is 99.5 Å². The summed E-state index contributed by atoms with van der Waals surface area (Å²) in [6.45, 7) is 7.19. The van der Waals surface area contributed by atoms with Crippen molar-refractivity contribution < 1.29 is 4.79 Å². The van der Waals surface area contributed by atoms with Crippen LogP contribution >= 0.6 is 0 Å². The summed E-state index contributed by atoms with van der Waals surface area (Å²) in [6, 6.07) is 0. The predicted octanol–water partition coefficient (Wildman–Crippen LogP) is 3.04. The third kappa shape index (κ3) is 8.11. The summed E-state index contributed by atoms with van der Waals surface area (Å²) in [4.78, 5) is 11.5. The highest BCUT2D eigenvalue weighted by Crippen LogP contribution is 2.01. The monoisotopic (exact) mass is 221 g/mol. The molecule has 0 spiro atoms. The largest absolute Gasteiger partial charge is 0.388 e. The van der Waals surface area contributed by atoms with Crippen molar-refractivity contribution in [2.45, 2.75) is 52.9 Å². The Morgan fingerprint density at radius 2 is 1.94 bits per heavy atom. The van der Waals surface area contributed by atoms with E-state index in [1.165, 1.54) is 0 Å². The lowest BCUT2D eigenvalue weighted by Gasteiger charge is -2.07. The molecule has 90 valence electrons. The van der Waals surface area contributed by atoms with E-state index in [4.69, 9.17) is 0 Å². The Morgan fingerprint density at radius 1 is 1.19 bits per heavy atom. The number of nitrogens with one attached hydrogen (secondary N) is 1. The molecular weight excluding hydrogens is 198 g/mol. The molecule has 16 heavy (non-hydrogen) atoms. The quantitative estimate of drug-likeness (QED) is 0.407. The summed E-state index contributed by atoms with van der Waals surface area (Å²) in [5.41, 5.74) is 1.01. The van der Waals surface area contributed by atoms with E-state index >= 15 is 0 Å². The number of allylic oxidation sites excluding steroid dienone is 2. The molecule has 0 rings (SSSR count). The molecule has 0 saturated heterocycles. The molecule has 1 N–H and O–H groups in total. The Morgan fingerprint density at radius 3 is 2.50 bits per heavy atom. The van der Waals surface area contributed by atoms with Gasteiger partial charge in [-0.25, -0.2) is 0 Å². The average molecular weight is 221 g/mol. The van der Waals surface area contributed by atoms with Gasteiger partial charge in [0.2, 0.25) is 5.78 Å². The zero-order valence-corrected chi connectivity index (χ0v) is 10.7. The second kappa shape index (κ2) is 10.3. The van der Waals surface area contributed by atoms with Gasteiger partial charge in [0, 0.05) is 24.7 Å². The highest BCUT2D eigenvalue weighted by atomic mass is 16.1. The first-order chi connectivity index (χ1) is 7.74. The predicted molar refractivity (Wildman–Crippen MR) is 69.0 cm³/mol. The molecule has 0 aromatic rings. The fourth-order valence-corrected chi connectivity index (χ4v) is 1.24. The van der Waals surface area contributed by atoms with Crippen LogP contribution in [0.1, 0.15) is 52.9 Å². The zero-order chi connectivity index (χ0) is 12.2. The van der Waals surface area contributed by atoms with Gasteiger partial charge in [-0.15, -0.1) is 0 Å². The molecule has 2 heteroatoms. The zero-order valence-electron chi connectivity index (χ0n) is 10.7.